The second kappa shape index (κ2) is 5.58. The Morgan fingerprint density at radius 1 is 1.46 bits per heavy atom. The average molecular weight is 186 g/mol. The third kappa shape index (κ3) is 4.07. The number of aliphatic hydroxyl groups excluding tert-OH is 1. The maximum Gasteiger partial charge on any atom is 0.0791 e. The Labute approximate surface area is 81.1 Å². The van der Waals surface area contributed by atoms with Crippen molar-refractivity contribution in [2.75, 3.05) is 33.2 Å². The first kappa shape index (κ1) is 11.0. The molecule has 0 aromatic heterocycles. The lowest BCUT2D eigenvalue weighted by Crippen LogP contribution is -2.41. The summed E-state index contributed by atoms with van der Waals surface area (Å²) in [6, 6.07) is 0. The van der Waals surface area contributed by atoms with Crippen LogP contribution in [0.1, 0.15) is 19.8 Å². The molecule has 1 unspecified atom stereocenters. The van der Waals surface area contributed by atoms with Gasteiger partial charge in [0.15, 0.2) is 0 Å². The molecule has 3 nitrogen and oxygen atoms in total. The Morgan fingerprint density at radius 3 is 2.62 bits per heavy atom. The van der Waals surface area contributed by atoms with Gasteiger partial charge in [0.1, 0.15) is 0 Å². The predicted octanol–water partition coefficient (Wildman–Crippen LogP) is 0.299. The van der Waals surface area contributed by atoms with Gasteiger partial charge in [0.25, 0.3) is 0 Å². The summed E-state index contributed by atoms with van der Waals surface area (Å²) in [6.45, 7) is 6.14. The second-order valence-corrected chi connectivity index (χ2v) is 4.19. The van der Waals surface area contributed by atoms with Crippen molar-refractivity contribution >= 4 is 0 Å². The van der Waals surface area contributed by atoms with Crippen LogP contribution in [0.2, 0.25) is 0 Å². The van der Waals surface area contributed by atoms with E-state index in [0.29, 0.717) is 6.54 Å². The number of nitrogens with zero attached hydrogens (tertiary/aromatic N) is 1. The number of likely N-dealkylation sites (N-methyl/N-ethyl adjacent to an activating group) is 1. The fourth-order valence-electron chi connectivity index (χ4n) is 1.84. The van der Waals surface area contributed by atoms with Gasteiger partial charge >= 0.3 is 0 Å². The highest BCUT2D eigenvalue weighted by Crippen LogP contribution is 2.15. The quantitative estimate of drug-likeness (QED) is 0.663. The van der Waals surface area contributed by atoms with E-state index in [2.05, 4.69) is 17.1 Å². The summed E-state index contributed by atoms with van der Waals surface area (Å²) in [5, 5.41) is 12.6. The van der Waals surface area contributed by atoms with Gasteiger partial charge < -0.3 is 15.3 Å². The molecule has 0 amide bonds. The van der Waals surface area contributed by atoms with Crippen LogP contribution in [0.4, 0.5) is 0 Å². The lowest BCUT2D eigenvalue weighted by atomic mass is 9.99. The molecule has 0 radical (unpaired) electrons. The largest absolute Gasteiger partial charge is 0.390 e. The summed E-state index contributed by atoms with van der Waals surface area (Å²) >= 11 is 0. The van der Waals surface area contributed by atoms with E-state index < -0.39 is 0 Å². The Balaban J connectivity index is 2.14. The summed E-state index contributed by atoms with van der Waals surface area (Å²) in [5.74, 6) is 0.873. The van der Waals surface area contributed by atoms with Gasteiger partial charge in [0, 0.05) is 13.1 Å². The molecular weight excluding hydrogens is 164 g/mol. The lowest BCUT2D eigenvalue weighted by Gasteiger charge is -2.31. The molecule has 1 aliphatic heterocycles. The predicted molar refractivity (Wildman–Crippen MR) is 54.8 cm³/mol. The van der Waals surface area contributed by atoms with Crippen molar-refractivity contribution in [2.45, 2.75) is 25.9 Å². The van der Waals surface area contributed by atoms with Gasteiger partial charge in [-0.2, -0.15) is 0 Å². The molecule has 3 heteroatoms. The molecule has 0 bridgehead atoms. The number of hydrogen-bond acceptors (Lipinski definition) is 3. The van der Waals surface area contributed by atoms with E-state index >= 15 is 0 Å². The zero-order chi connectivity index (χ0) is 9.68. The van der Waals surface area contributed by atoms with Crippen LogP contribution in [0.5, 0.6) is 0 Å². The molecule has 0 aliphatic carbocycles. The first-order valence-electron chi connectivity index (χ1n) is 5.27. The van der Waals surface area contributed by atoms with Gasteiger partial charge in [-0.05, 0) is 38.9 Å². The monoisotopic (exact) mass is 186 g/mol. The summed E-state index contributed by atoms with van der Waals surface area (Å²) in [7, 11) is 1.88. The standard InChI is InChI=1S/C10H22N2O/c1-9-3-5-12(6-4-9)8-10(13)7-11-2/h9-11,13H,3-8H2,1-2H3. The number of likely N-dealkylation sites (tertiary alicyclic amines) is 1. The van der Waals surface area contributed by atoms with E-state index in [1.165, 1.54) is 12.8 Å². The Morgan fingerprint density at radius 2 is 2.08 bits per heavy atom. The Bertz CT molecular complexity index is 133. The first-order chi connectivity index (χ1) is 6.22. The third-order valence-electron chi connectivity index (χ3n) is 2.78. The molecule has 1 heterocycles. The van der Waals surface area contributed by atoms with Crippen molar-refractivity contribution in [3.8, 4) is 0 Å². The molecule has 2 N–H and O–H groups in total. The van der Waals surface area contributed by atoms with E-state index in [1.807, 2.05) is 7.05 Å². The van der Waals surface area contributed by atoms with Crippen molar-refractivity contribution < 1.29 is 5.11 Å². The zero-order valence-corrected chi connectivity index (χ0v) is 8.79. The number of rotatable bonds is 4. The summed E-state index contributed by atoms with van der Waals surface area (Å²) in [4.78, 5) is 2.36. The summed E-state index contributed by atoms with van der Waals surface area (Å²) < 4.78 is 0. The minimum atomic E-state index is -0.210. The minimum Gasteiger partial charge on any atom is -0.390 e. The number of piperidine rings is 1. The van der Waals surface area contributed by atoms with Crippen molar-refractivity contribution in [3.05, 3.63) is 0 Å². The highest BCUT2D eigenvalue weighted by molar-refractivity contribution is 4.72. The maximum atomic E-state index is 9.56. The SMILES string of the molecule is CNCC(O)CN1CCC(C)CC1. The van der Waals surface area contributed by atoms with Crippen molar-refractivity contribution in [3.63, 3.8) is 0 Å². The van der Waals surface area contributed by atoms with Crippen LogP contribution in [0.25, 0.3) is 0 Å². The Hall–Kier alpha value is -0.120. The van der Waals surface area contributed by atoms with Gasteiger partial charge in [-0.1, -0.05) is 6.92 Å². The molecule has 0 saturated carbocycles. The molecule has 13 heavy (non-hydrogen) atoms. The number of hydrogen-bond donors (Lipinski definition) is 2. The maximum absolute atomic E-state index is 9.56. The van der Waals surface area contributed by atoms with E-state index in [9.17, 15) is 5.11 Å². The fourth-order valence-corrected chi connectivity index (χ4v) is 1.84. The van der Waals surface area contributed by atoms with Gasteiger partial charge in [-0.15, -0.1) is 0 Å². The summed E-state index contributed by atoms with van der Waals surface area (Å²) in [5.41, 5.74) is 0. The molecule has 1 atom stereocenters. The summed E-state index contributed by atoms with van der Waals surface area (Å²) in [6.07, 6.45) is 2.36. The van der Waals surface area contributed by atoms with Crippen LogP contribution in [0.3, 0.4) is 0 Å². The smallest absolute Gasteiger partial charge is 0.0791 e. The van der Waals surface area contributed by atoms with E-state index in [1.54, 1.807) is 0 Å². The minimum absolute atomic E-state index is 0.210. The van der Waals surface area contributed by atoms with Crippen molar-refractivity contribution in [1.82, 2.24) is 10.2 Å². The van der Waals surface area contributed by atoms with E-state index in [4.69, 9.17) is 0 Å². The molecule has 1 aliphatic rings. The highest BCUT2D eigenvalue weighted by Gasteiger charge is 2.17. The molecule has 1 fully saturated rings. The van der Waals surface area contributed by atoms with Crippen LogP contribution in [0, 0.1) is 5.92 Å². The van der Waals surface area contributed by atoms with Crippen LogP contribution in [-0.4, -0.2) is 49.3 Å². The lowest BCUT2D eigenvalue weighted by molar-refractivity contribution is 0.0922. The van der Waals surface area contributed by atoms with E-state index in [-0.39, 0.29) is 6.10 Å². The number of β-amino-alcohol motifs (C(OH)–C–C–N with tert-alkyl or cyclic N) is 1. The normalized spacial score (nSPS) is 23.3. The highest BCUT2D eigenvalue weighted by atomic mass is 16.3. The fraction of sp³-hybridized carbons (Fsp3) is 1.00. The van der Waals surface area contributed by atoms with Crippen molar-refractivity contribution in [2.24, 2.45) is 5.92 Å². The topological polar surface area (TPSA) is 35.5 Å². The second-order valence-electron chi connectivity index (χ2n) is 4.19. The van der Waals surface area contributed by atoms with Crippen molar-refractivity contribution in [1.29, 1.82) is 0 Å². The van der Waals surface area contributed by atoms with Gasteiger partial charge in [-0.25, -0.2) is 0 Å². The number of aliphatic hydroxyl groups is 1. The average Bonchev–Trinajstić information content (AvgIpc) is 2.09. The zero-order valence-electron chi connectivity index (χ0n) is 8.79. The molecular formula is C10H22N2O. The van der Waals surface area contributed by atoms with Crippen LogP contribution in [-0.2, 0) is 0 Å². The molecule has 0 aromatic carbocycles. The third-order valence-corrected chi connectivity index (χ3v) is 2.78. The van der Waals surface area contributed by atoms with Crippen LogP contribution >= 0.6 is 0 Å². The van der Waals surface area contributed by atoms with Gasteiger partial charge in [-0.3, -0.25) is 0 Å². The first-order valence-corrected chi connectivity index (χ1v) is 5.27. The van der Waals surface area contributed by atoms with Crippen LogP contribution < -0.4 is 5.32 Å². The number of nitrogens with one attached hydrogen (secondary N) is 1. The van der Waals surface area contributed by atoms with E-state index in [0.717, 1.165) is 25.6 Å². The van der Waals surface area contributed by atoms with Gasteiger partial charge in [0.2, 0.25) is 0 Å². The molecule has 1 rings (SSSR count). The molecule has 0 aromatic rings. The van der Waals surface area contributed by atoms with Gasteiger partial charge in [0.05, 0.1) is 6.10 Å². The molecule has 0 spiro atoms. The van der Waals surface area contributed by atoms with Crippen LogP contribution in [0.15, 0.2) is 0 Å². The molecule has 1 saturated heterocycles. The molecule has 78 valence electrons. The Kier molecular flexibility index (Phi) is 4.70.